The molecule has 1 N–H and O–H groups in total. The van der Waals surface area contributed by atoms with Crippen LogP contribution < -0.4 is 5.32 Å². The SMILES string of the molecule is CC(C)(C)C(=O)N1CCC(NC(=O)c2cccc(Cl)c2)CC1. The first-order valence-electron chi connectivity index (χ1n) is 7.63. The van der Waals surface area contributed by atoms with Gasteiger partial charge >= 0.3 is 0 Å². The molecule has 1 aliphatic heterocycles. The average Bonchev–Trinajstić information content (AvgIpc) is 2.46. The molecule has 1 aliphatic rings. The van der Waals surface area contributed by atoms with Crippen LogP contribution in [0.15, 0.2) is 24.3 Å². The van der Waals surface area contributed by atoms with E-state index in [2.05, 4.69) is 5.32 Å². The van der Waals surface area contributed by atoms with Crippen LogP contribution in [0.25, 0.3) is 0 Å². The Morgan fingerprint density at radius 2 is 1.86 bits per heavy atom. The lowest BCUT2D eigenvalue weighted by atomic mass is 9.93. The fourth-order valence-electron chi connectivity index (χ4n) is 2.60. The van der Waals surface area contributed by atoms with Crippen LogP contribution in [0.4, 0.5) is 0 Å². The Hall–Kier alpha value is -1.55. The van der Waals surface area contributed by atoms with Crippen LogP contribution in [0.3, 0.4) is 0 Å². The predicted molar refractivity (Wildman–Crippen MR) is 88.0 cm³/mol. The summed E-state index contributed by atoms with van der Waals surface area (Å²) in [6.07, 6.45) is 1.57. The molecule has 0 unspecified atom stereocenters. The van der Waals surface area contributed by atoms with Crippen molar-refractivity contribution in [2.75, 3.05) is 13.1 Å². The number of hydrogen-bond acceptors (Lipinski definition) is 2. The summed E-state index contributed by atoms with van der Waals surface area (Å²) in [6, 6.07) is 7.03. The molecule has 120 valence electrons. The second-order valence-corrected chi connectivity index (χ2v) is 7.24. The molecule has 22 heavy (non-hydrogen) atoms. The zero-order valence-electron chi connectivity index (χ0n) is 13.4. The molecule has 1 saturated heterocycles. The van der Waals surface area contributed by atoms with Crippen molar-refractivity contribution in [3.05, 3.63) is 34.9 Å². The molecule has 5 heteroatoms. The zero-order valence-corrected chi connectivity index (χ0v) is 14.1. The number of halogens is 1. The van der Waals surface area contributed by atoms with Crippen molar-refractivity contribution in [3.8, 4) is 0 Å². The Morgan fingerprint density at radius 1 is 1.23 bits per heavy atom. The Bertz CT molecular complexity index is 558. The van der Waals surface area contributed by atoms with Crippen LogP contribution in [0.5, 0.6) is 0 Å². The van der Waals surface area contributed by atoms with E-state index < -0.39 is 0 Å². The van der Waals surface area contributed by atoms with Gasteiger partial charge in [-0.1, -0.05) is 38.4 Å². The highest BCUT2D eigenvalue weighted by Crippen LogP contribution is 2.21. The molecule has 4 nitrogen and oxygen atoms in total. The lowest BCUT2D eigenvalue weighted by Gasteiger charge is -2.36. The van der Waals surface area contributed by atoms with Gasteiger partial charge < -0.3 is 10.2 Å². The highest BCUT2D eigenvalue weighted by molar-refractivity contribution is 6.30. The van der Waals surface area contributed by atoms with Crippen molar-refractivity contribution < 1.29 is 9.59 Å². The summed E-state index contributed by atoms with van der Waals surface area (Å²) in [5.74, 6) is 0.0650. The Balaban J connectivity index is 1.88. The quantitative estimate of drug-likeness (QED) is 0.909. The molecule has 2 rings (SSSR count). The van der Waals surface area contributed by atoms with Gasteiger partial charge in [0.15, 0.2) is 0 Å². The number of rotatable bonds is 2. The van der Waals surface area contributed by atoms with Gasteiger partial charge in [-0.2, -0.15) is 0 Å². The number of benzene rings is 1. The van der Waals surface area contributed by atoms with E-state index in [9.17, 15) is 9.59 Å². The second-order valence-electron chi connectivity index (χ2n) is 6.80. The zero-order chi connectivity index (χ0) is 16.3. The number of likely N-dealkylation sites (tertiary alicyclic amines) is 1. The number of nitrogens with zero attached hydrogens (tertiary/aromatic N) is 1. The number of amides is 2. The molecule has 0 radical (unpaired) electrons. The first kappa shape index (κ1) is 16.8. The number of carbonyl (C=O) groups is 2. The lowest BCUT2D eigenvalue weighted by Crippen LogP contribution is -2.49. The topological polar surface area (TPSA) is 49.4 Å². The molecule has 0 saturated carbocycles. The predicted octanol–water partition coefficient (Wildman–Crippen LogP) is 3.11. The van der Waals surface area contributed by atoms with Gasteiger partial charge in [-0.3, -0.25) is 9.59 Å². The number of carbonyl (C=O) groups excluding carboxylic acids is 2. The molecule has 1 heterocycles. The fraction of sp³-hybridized carbons (Fsp3) is 0.529. The summed E-state index contributed by atoms with van der Waals surface area (Å²) >= 11 is 5.90. The normalized spacial score (nSPS) is 16.5. The van der Waals surface area contributed by atoms with Gasteiger partial charge in [-0.05, 0) is 31.0 Å². The van der Waals surface area contributed by atoms with Crippen molar-refractivity contribution in [1.29, 1.82) is 0 Å². The summed E-state index contributed by atoms with van der Waals surface area (Å²) < 4.78 is 0. The highest BCUT2D eigenvalue weighted by atomic mass is 35.5. The van der Waals surface area contributed by atoms with Crippen LogP contribution in [-0.4, -0.2) is 35.8 Å². The van der Waals surface area contributed by atoms with Crippen molar-refractivity contribution >= 4 is 23.4 Å². The average molecular weight is 323 g/mol. The van der Waals surface area contributed by atoms with Gasteiger partial charge in [0.2, 0.25) is 5.91 Å². The van der Waals surface area contributed by atoms with Crippen molar-refractivity contribution in [1.82, 2.24) is 10.2 Å². The maximum absolute atomic E-state index is 12.2. The number of nitrogens with one attached hydrogen (secondary N) is 1. The van der Waals surface area contributed by atoms with Crippen molar-refractivity contribution in [3.63, 3.8) is 0 Å². The standard InChI is InChI=1S/C17H23ClN2O2/c1-17(2,3)16(22)20-9-7-14(8-10-20)19-15(21)12-5-4-6-13(18)11-12/h4-6,11,14H,7-10H2,1-3H3,(H,19,21). The van der Waals surface area contributed by atoms with E-state index in [0.29, 0.717) is 23.7 Å². The minimum absolute atomic E-state index is 0.107. The fourth-order valence-corrected chi connectivity index (χ4v) is 2.79. The van der Waals surface area contributed by atoms with Crippen LogP contribution in [0.2, 0.25) is 5.02 Å². The highest BCUT2D eigenvalue weighted by Gasteiger charge is 2.30. The first-order valence-corrected chi connectivity index (χ1v) is 8.01. The molecular formula is C17H23ClN2O2. The van der Waals surface area contributed by atoms with Gasteiger partial charge in [0.05, 0.1) is 0 Å². The largest absolute Gasteiger partial charge is 0.349 e. The van der Waals surface area contributed by atoms with Gasteiger partial charge in [0.25, 0.3) is 5.91 Å². The van der Waals surface area contributed by atoms with E-state index in [1.54, 1.807) is 24.3 Å². The third-order valence-corrected chi connectivity index (χ3v) is 4.08. The Labute approximate surface area is 136 Å². The second kappa shape index (κ2) is 6.69. The van der Waals surface area contributed by atoms with E-state index in [1.807, 2.05) is 25.7 Å². The maximum atomic E-state index is 12.2. The van der Waals surface area contributed by atoms with E-state index in [1.165, 1.54) is 0 Å². The summed E-state index contributed by atoms with van der Waals surface area (Å²) in [5.41, 5.74) is 0.220. The van der Waals surface area contributed by atoms with Gasteiger partial charge in [0.1, 0.15) is 0 Å². The molecule has 1 aromatic carbocycles. The Kier molecular flexibility index (Phi) is 5.12. The van der Waals surface area contributed by atoms with E-state index in [0.717, 1.165) is 12.8 Å². The summed E-state index contributed by atoms with van der Waals surface area (Å²) in [6.45, 7) is 7.18. The number of hydrogen-bond donors (Lipinski definition) is 1. The van der Waals surface area contributed by atoms with Crippen LogP contribution >= 0.6 is 11.6 Å². The smallest absolute Gasteiger partial charge is 0.251 e. The molecule has 1 aromatic rings. The van der Waals surface area contributed by atoms with E-state index in [4.69, 9.17) is 11.6 Å². The molecule has 1 fully saturated rings. The lowest BCUT2D eigenvalue weighted by molar-refractivity contribution is -0.140. The molecular weight excluding hydrogens is 300 g/mol. The van der Waals surface area contributed by atoms with E-state index in [-0.39, 0.29) is 23.3 Å². The van der Waals surface area contributed by atoms with Crippen molar-refractivity contribution in [2.24, 2.45) is 5.41 Å². The molecule has 2 amide bonds. The molecule has 0 aromatic heterocycles. The third-order valence-electron chi connectivity index (χ3n) is 3.85. The third kappa shape index (κ3) is 4.23. The van der Waals surface area contributed by atoms with Gasteiger partial charge in [-0.25, -0.2) is 0 Å². The summed E-state index contributed by atoms with van der Waals surface area (Å²) in [4.78, 5) is 26.3. The monoisotopic (exact) mass is 322 g/mol. The van der Waals surface area contributed by atoms with Crippen LogP contribution in [0, 0.1) is 5.41 Å². The van der Waals surface area contributed by atoms with Crippen LogP contribution in [-0.2, 0) is 4.79 Å². The minimum atomic E-state index is -0.350. The summed E-state index contributed by atoms with van der Waals surface area (Å²) in [7, 11) is 0. The number of piperidine rings is 1. The summed E-state index contributed by atoms with van der Waals surface area (Å²) in [5, 5.41) is 3.58. The van der Waals surface area contributed by atoms with Crippen LogP contribution in [0.1, 0.15) is 44.0 Å². The maximum Gasteiger partial charge on any atom is 0.251 e. The molecule has 0 spiro atoms. The van der Waals surface area contributed by atoms with Crippen molar-refractivity contribution in [2.45, 2.75) is 39.7 Å². The molecule has 0 atom stereocenters. The first-order chi connectivity index (χ1) is 10.3. The molecule has 0 aliphatic carbocycles. The van der Waals surface area contributed by atoms with E-state index >= 15 is 0 Å². The minimum Gasteiger partial charge on any atom is -0.349 e. The molecule has 0 bridgehead atoms. The van der Waals surface area contributed by atoms with Gasteiger partial charge in [0, 0.05) is 35.1 Å². The Morgan fingerprint density at radius 3 is 2.41 bits per heavy atom. The van der Waals surface area contributed by atoms with Gasteiger partial charge in [-0.15, -0.1) is 0 Å².